The van der Waals surface area contributed by atoms with Crippen LogP contribution in [0.1, 0.15) is 12.0 Å². The fourth-order valence-electron chi connectivity index (χ4n) is 2.41. The summed E-state index contributed by atoms with van der Waals surface area (Å²) in [7, 11) is -5.69. The number of rotatable bonds is 4. The summed E-state index contributed by atoms with van der Waals surface area (Å²) in [5.74, 6) is 2.47. The minimum atomic E-state index is -6.09. The third kappa shape index (κ3) is 7.17. The lowest BCUT2D eigenvalue weighted by molar-refractivity contribution is -0.0517. The predicted octanol–water partition coefficient (Wildman–Crippen LogP) is 3.70. The van der Waals surface area contributed by atoms with Crippen molar-refractivity contribution >= 4 is 21.0 Å². The molecule has 2 atom stereocenters. The Balaban J connectivity index is 0.000000279. The van der Waals surface area contributed by atoms with E-state index in [0.717, 1.165) is 6.61 Å². The highest BCUT2D eigenvalue weighted by Gasteiger charge is 2.37. The number of hydrogen-bond acceptors (Lipinski definition) is 4. The van der Waals surface area contributed by atoms with E-state index in [1.165, 1.54) is 28.4 Å². The van der Waals surface area contributed by atoms with Crippen molar-refractivity contribution in [3.05, 3.63) is 66.2 Å². The minimum absolute atomic E-state index is 0.396. The van der Waals surface area contributed by atoms with Crippen LogP contribution in [0.5, 0.6) is 0 Å². The standard InChI is InChI=1S/C17H19OS.CHF3O3S/c1-3-7-15(8-4-1)13-18-16-11-12-19(14-16)17-9-5-2-6-10-17;2-1(3,4)8(5,6)7/h1-10,16H,11-14H2;(H,5,6,7)/q+1;/p-1. The Labute approximate surface area is 159 Å². The molecule has 1 heterocycles. The summed E-state index contributed by atoms with van der Waals surface area (Å²) in [5.41, 5.74) is -4.37. The number of benzene rings is 2. The van der Waals surface area contributed by atoms with Gasteiger partial charge in [-0.05, 0) is 17.7 Å². The molecule has 2 unspecified atom stereocenters. The number of ether oxygens (including phenoxy) is 1. The van der Waals surface area contributed by atoms with Crippen molar-refractivity contribution in [3.8, 4) is 0 Å². The molecular formula is C18H19F3O4S2. The van der Waals surface area contributed by atoms with Crippen LogP contribution in [-0.4, -0.2) is 36.1 Å². The SMILES string of the molecule is O=S(=O)([O-])C(F)(F)F.c1ccc(COC2CC[S+](c3ccccc3)C2)cc1. The van der Waals surface area contributed by atoms with Gasteiger partial charge in [-0.3, -0.25) is 0 Å². The van der Waals surface area contributed by atoms with Crippen molar-refractivity contribution in [1.29, 1.82) is 0 Å². The summed E-state index contributed by atoms with van der Waals surface area (Å²) in [6, 6.07) is 21.3. The van der Waals surface area contributed by atoms with Gasteiger partial charge in [-0.15, -0.1) is 0 Å². The van der Waals surface area contributed by atoms with Gasteiger partial charge in [-0.1, -0.05) is 48.5 Å². The molecule has 27 heavy (non-hydrogen) atoms. The fraction of sp³-hybridized carbons (Fsp3) is 0.333. The van der Waals surface area contributed by atoms with Gasteiger partial charge in [0.05, 0.1) is 6.61 Å². The van der Waals surface area contributed by atoms with Crippen LogP contribution < -0.4 is 0 Å². The maximum atomic E-state index is 10.7. The quantitative estimate of drug-likeness (QED) is 0.430. The van der Waals surface area contributed by atoms with Gasteiger partial charge in [0.25, 0.3) is 0 Å². The molecule has 1 fully saturated rings. The van der Waals surface area contributed by atoms with Crippen LogP contribution in [0.4, 0.5) is 13.2 Å². The molecule has 1 saturated heterocycles. The van der Waals surface area contributed by atoms with E-state index in [1.807, 2.05) is 6.07 Å². The summed E-state index contributed by atoms with van der Waals surface area (Å²) in [6.07, 6.45) is 1.63. The minimum Gasteiger partial charge on any atom is -0.741 e. The van der Waals surface area contributed by atoms with Crippen molar-refractivity contribution in [3.63, 3.8) is 0 Å². The average molecular weight is 420 g/mol. The van der Waals surface area contributed by atoms with Crippen molar-refractivity contribution in [2.24, 2.45) is 0 Å². The van der Waals surface area contributed by atoms with Crippen LogP contribution in [0, 0.1) is 0 Å². The van der Waals surface area contributed by atoms with E-state index in [1.54, 1.807) is 0 Å². The zero-order valence-corrected chi connectivity index (χ0v) is 15.9. The average Bonchev–Trinajstić information content (AvgIpc) is 3.10. The summed E-state index contributed by atoms with van der Waals surface area (Å²) in [4.78, 5) is 1.49. The summed E-state index contributed by atoms with van der Waals surface area (Å²) < 4.78 is 65.0. The maximum Gasteiger partial charge on any atom is 0.485 e. The Bertz CT molecular complexity index is 796. The second-order valence-electron chi connectivity index (χ2n) is 5.78. The van der Waals surface area contributed by atoms with E-state index in [4.69, 9.17) is 17.7 Å². The van der Waals surface area contributed by atoms with Crippen molar-refractivity contribution in [2.45, 2.75) is 29.5 Å². The van der Waals surface area contributed by atoms with E-state index < -0.39 is 15.6 Å². The number of halogens is 3. The van der Waals surface area contributed by atoms with Gasteiger partial charge in [-0.25, -0.2) is 8.42 Å². The lowest BCUT2D eigenvalue weighted by Crippen LogP contribution is -2.21. The lowest BCUT2D eigenvalue weighted by atomic mass is 10.2. The molecule has 2 aromatic rings. The second-order valence-corrected chi connectivity index (χ2v) is 9.35. The molecular weight excluding hydrogens is 401 g/mol. The molecule has 3 rings (SSSR count). The van der Waals surface area contributed by atoms with E-state index >= 15 is 0 Å². The monoisotopic (exact) mass is 420 g/mol. The predicted molar refractivity (Wildman–Crippen MR) is 97.2 cm³/mol. The molecule has 0 spiro atoms. The normalized spacial score (nSPS) is 20.0. The van der Waals surface area contributed by atoms with Crippen LogP contribution in [0.25, 0.3) is 0 Å². The molecule has 4 nitrogen and oxygen atoms in total. The van der Waals surface area contributed by atoms with Crippen molar-refractivity contribution in [1.82, 2.24) is 0 Å². The topological polar surface area (TPSA) is 66.4 Å². The highest BCUT2D eigenvalue weighted by molar-refractivity contribution is 7.97. The summed E-state index contributed by atoms with van der Waals surface area (Å²) >= 11 is 0. The van der Waals surface area contributed by atoms with E-state index in [-0.39, 0.29) is 0 Å². The molecule has 1 aliphatic heterocycles. The number of alkyl halides is 3. The van der Waals surface area contributed by atoms with Crippen molar-refractivity contribution < 1.29 is 30.9 Å². The molecule has 1 aliphatic rings. The molecule has 0 aliphatic carbocycles. The zero-order chi connectivity index (χ0) is 19.9. The molecule has 0 amide bonds. The first-order chi connectivity index (χ1) is 12.7. The van der Waals surface area contributed by atoms with E-state index in [2.05, 4.69) is 54.6 Å². The fourth-order valence-corrected chi connectivity index (χ4v) is 4.81. The van der Waals surface area contributed by atoms with E-state index in [0.29, 0.717) is 17.0 Å². The van der Waals surface area contributed by atoms with Gasteiger partial charge in [0.2, 0.25) is 0 Å². The first kappa shape index (κ1) is 21.7. The maximum absolute atomic E-state index is 10.7. The molecule has 0 aromatic heterocycles. The second kappa shape index (κ2) is 9.59. The molecule has 148 valence electrons. The molecule has 2 aromatic carbocycles. The highest BCUT2D eigenvalue weighted by Crippen LogP contribution is 2.25. The lowest BCUT2D eigenvalue weighted by Gasteiger charge is -2.08. The molecule has 0 bridgehead atoms. The smallest absolute Gasteiger partial charge is 0.485 e. The van der Waals surface area contributed by atoms with Gasteiger partial charge in [0, 0.05) is 17.3 Å². The Kier molecular flexibility index (Phi) is 7.72. The largest absolute Gasteiger partial charge is 0.741 e. The first-order valence-electron chi connectivity index (χ1n) is 8.07. The summed E-state index contributed by atoms with van der Waals surface area (Å²) in [6.45, 7) is 0.748. The van der Waals surface area contributed by atoms with Gasteiger partial charge in [-0.2, -0.15) is 13.2 Å². The third-order valence-electron chi connectivity index (χ3n) is 3.76. The van der Waals surface area contributed by atoms with Crippen molar-refractivity contribution in [2.75, 3.05) is 11.5 Å². The first-order valence-corrected chi connectivity index (χ1v) is 11.0. The van der Waals surface area contributed by atoms with Crippen LogP contribution in [-0.2, 0) is 32.4 Å². The van der Waals surface area contributed by atoms with Gasteiger partial charge >= 0.3 is 5.51 Å². The summed E-state index contributed by atoms with van der Waals surface area (Å²) in [5, 5.41) is 0. The Morgan fingerprint density at radius 3 is 2.07 bits per heavy atom. The van der Waals surface area contributed by atoms with E-state index in [9.17, 15) is 13.2 Å². The Morgan fingerprint density at radius 2 is 1.56 bits per heavy atom. The molecule has 0 radical (unpaired) electrons. The zero-order valence-electron chi connectivity index (χ0n) is 14.3. The Morgan fingerprint density at radius 1 is 1.04 bits per heavy atom. The van der Waals surface area contributed by atoms with Crippen LogP contribution in [0.15, 0.2) is 65.6 Å². The van der Waals surface area contributed by atoms with Crippen LogP contribution in [0.3, 0.4) is 0 Å². The van der Waals surface area contributed by atoms with Gasteiger partial charge in [0.1, 0.15) is 17.6 Å². The molecule has 0 N–H and O–H groups in total. The van der Waals surface area contributed by atoms with Gasteiger partial charge in [0.15, 0.2) is 15.0 Å². The van der Waals surface area contributed by atoms with Crippen LogP contribution in [0.2, 0.25) is 0 Å². The highest BCUT2D eigenvalue weighted by atomic mass is 32.2. The van der Waals surface area contributed by atoms with Gasteiger partial charge < -0.3 is 9.29 Å². The third-order valence-corrected chi connectivity index (χ3v) is 6.77. The Hall–Kier alpha value is -1.55. The van der Waals surface area contributed by atoms with Crippen LogP contribution >= 0.6 is 0 Å². The molecule has 9 heteroatoms. The number of hydrogen-bond donors (Lipinski definition) is 0. The molecule has 0 saturated carbocycles.